The van der Waals surface area contributed by atoms with Gasteiger partial charge in [-0.05, 0) is 26.0 Å². The fourth-order valence-corrected chi connectivity index (χ4v) is 2.44. The van der Waals surface area contributed by atoms with Crippen LogP contribution < -0.4 is 14.8 Å². The van der Waals surface area contributed by atoms with Crippen LogP contribution in [0.1, 0.15) is 24.3 Å². The summed E-state index contributed by atoms with van der Waals surface area (Å²) in [5.41, 5.74) is 2.21. The molecule has 1 aromatic heterocycles. The number of benzene rings is 1. The third-order valence-corrected chi connectivity index (χ3v) is 3.31. The maximum Gasteiger partial charge on any atom is 0.357 e. The molecule has 0 atom stereocenters. The molecule has 112 valence electrons. The Morgan fingerprint density at radius 1 is 1.29 bits per heavy atom. The zero-order valence-corrected chi connectivity index (χ0v) is 12.6. The number of carboxylic acid groups (broad SMARTS) is 1. The maximum absolute atomic E-state index is 11.0. The number of nitrogens with zero attached hydrogens (tertiary/aromatic N) is 1. The third kappa shape index (κ3) is 3.63. The van der Waals surface area contributed by atoms with Gasteiger partial charge in [0.15, 0.2) is 17.2 Å². The summed E-state index contributed by atoms with van der Waals surface area (Å²) in [7, 11) is 0. The number of ether oxygens (including phenoxy) is 2. The van der Waals surface area contributed by atoms with Crippen molar-refractivity contribution < 1.29 is 19.4 Å². The molecular weight excluding hydrogens is 292 g/mol. The average Bonchev–Trinajstić information content (AvgIpc) is 2.90. The topological polar surface area (TPSA) is 80.7 Å². The molecule has 1 aromatic carbocycles. The molecule has 0 unspecified atom stereocenters. The van der Waals surface area contributed by atoms with Crippen LogP contribution in [0.5, 0.6) is 11.5 Å². The number of nitrogens with one attached hydrogen (secondary N) is 1. The number of carbonyl (C=O) groups is 1. The first-order chi connectivity index (χ1) is 10.2. The van der Waals surface area contributed by atoms with Gasteiger partial charge in [-0.2, -0.15) is 0 Å². The Morgan fingerprint density at radius 3 is 2.67 bits per heavy atom. The van der Waals surface area contributed by atoms with E-state index in [1.54, 1.807) is 18.2 Å². The van der Waals surface area contributed by atoms with Crippen LogP contribution in [0.25, 0.3) is 0 Å². The summed E-state index contributed by atoms with van der Waals surface area (Å²) in [6.45, 7) is 4.86. The number of rotatable bonds is 7. The van der Waals surface area contributed by atoms with Crippen molar-refractivity contribution in [3.05, 3.63) is 29.4 Å². The molecule has 6 nitrogen and oxygen atoms in total. The van der Waals surface area contributed by atoms with Crippen molar-refractivity contribution in [1.29, 1.82) is 0 Å². The number of anilines is 2. The zero-order chi connectivity index (χ0) is 15.2. The first-order valence-corrected chi connectivity index (χ1v) is 7.37. The Hall–Kier alpha value is -2.28. The van der Waals surface area contributed by atoms with E-state index >= 15 is 0 Å². The fraction of sp³-hybridized carbons (Fsp3) is 0.286. The summed E-state index contributed by atoms with van der Waals surface area (Å²) in [6.07, 6.45) is 0. The van der Waals surface area contributed by atoms with Gasteiger partial charge in [0.05, 0.1) is 18.7 Å². The number of thiazole rings is 1. The lowest BCUT2D eigenvalue weighted by Crippen LogP contribution is -2.02. The molecule has 0 saturated heterocycles. The van der Waals surface area contributed by atoms with Crippen LogP contribution in [-0.4, -0.2) is 29.3 Å². The van der Waals surface area contributed by atoms with Crippen LogP contribution in [0.15, 0.2) is 23.7 Å². The molecule has 2 N–H and O–H groups in total. The summed E-state index contributed by atoms with van der Waals surface area (Å²) < 4.78 is 11.0. The minimum Gasteiger partial charge on any atom is -0.490 e. The van der Waals surface area contributed by atoms with Crippen LogP contribution in [0.3, 0.4) is 0 Å². The zero-order valence-electron chi connectivity index (χ0n) is 11.8. The predicted octanol–water partition coefficient (Wildman–Crippen LogP) is 3.38. The molecule has 0 spiro atoms. The molecule has 2 rings (SSSR count). The van der Waals surface area contributed by atoms with Gasteiger partial charge in [0, 0.05) is 11.8 Å². The molecular formula is C14H16N2O4S. The number of carboxylic acids is 1. The van der Waals surface area contributed by atoms with E-state index in [0.717, 1.165) is 0 Å². The van der Waals surface area contributed by atoms with Crippen LogP contribution in [0.4, 0.5) is 10.7 Å². The normalized spacial score (nSPS) is 10.2. The van der Waals surface area contributed by atoms with Crippen molar-refractivity contribution in [3.63, 3.8) is 0 Å². The van der Waals surface area contributed by atoms with Gasteiger partial charge in [0.1, 0.15) is 5.00 Å². The number of aromatic nitrogens is 1. The van der Waals surface area contributed by atoms with Gasteiger partial charge in [-0.3, -0.25) is 0 Å². The Balaban J connectivity index is 2.25. The van der Waals surface area contributed by atoms with Crippen molar-refractivity contribution in [1.82, 2.24) is 4.98 Å². The second-order valence-electron chi connectivity index (χ2n) is 3.99. The molecule has 7 heteroatoms. The minimum atomic E-state index is -1.06. The summed E-state index contributed by atoms with van der Waals surface area (Å²) in [4.78, 5) is 14.9. The van der Waals surface area contributed by atoms with E-state index in [0.29, 0.717) is 35.4 Å². The molecule has 0 aliphatic rings. The highest BCUT2D eigenvalue weighted by Crippen LogP contribution is 2.33. The smallest absolute Gasteiger partial charge is 0.357 e. The second kappa shape index (κ2) is 6.94. The Bertz CT molecular complexity index is 627. The third-order valence-electron chi connectivity index (χ3n) is 2.57. The number of hydrogen-bond acceptors (Lipinski definition) is 6. The maximum atomic E-state index is 11.0. The van der Waals surface area contributed by atoms with Crippen molar-refractivity contribution in [3.8, 4) is 11.5 Å². The van der Waals surface area contributed by atoms with E-state index in [2.05, 4.69) is 10.3 Å². The first kappa shape index (κ1) is 15.1. The first-order valence-electron chi connectivity index (χ1n) is 6.49. The van der Waals surface area contributed by atoms with Crippen LogP contribution in [-0.2, 0) is 0 Å². The lowest BCUT2D eigenvalue weighted by Gasteiger charge is -2.13. The van der Waals surface area contributed by atoms with Gasteiger partial charge in [0.25, 0.3) is 0 Å². The highest BCUT2D eigenvalue weighted by molar-refractivity contribution is 7.14. The molecule has 2 aromatic rings. The van der Waals surface area contributed by atoms with E-state index in [9.17, 15) is 4.79 Å². The Labute approximate surface area is 126 Å². The highest BCUT2D eigenvalue weighted by atomic mass is 32.1. The second-order valence-corrected chi connectivity index (χ2v) is 4.84. The van der Waals surface area contributed by atoms with Crippen molar-refractivity contribution in [2.75, 3.05) is 18.5 Å². The summed E-state index contributed by atoms with van der Waals surface area (Å²) in [6, 6.07) is 5.37. The minimum absolute atomic E-state index is 0.00634. The summed E-state index contributed by atoms with van der Waals surface area (Å²) in [5, 5.41) is 12.6. The lowest BCUT2D eigenvalue weighted by atomic mass is 10.2. The molecule has 0 aliphatic heterocycles. The highest BCUT2D eigenvalue weighted by Gasteiger charge is 2.14. The van der Waals surface area contributed by atoms with Gasteiger partial charge in [-0.15, -0.1) is 11.3 Å². The monoisotopic (exact) mass is 308 g/mol. The van der Waals surface area contributed by atoms with Crippen LogP contribution >= 0.6 is 11.3 Å². The van der Waals surface area contributed by atoms with Gasteiger partial charge in [0.2, 0.25) is 0 Å². The molecule has 21 heavy (non-hydrogen) atoms. The van der Waals surface area contributed by atoms with Crippen molar-refractivity contribution >= 4 is 28.0 Å². The quantitative estimate of drug-likeness (QED) is 0.816. The van der Waals surface area contributed by atoms with Gasteiger partial charge in [-0.1, -0.05) is 0 Å². The Morgan fingerprint density at radius 2 is 2.00 bits per heavy atom. The molecule has 0 radical (unpaired) electrons. The average molecular weight is 308 g/mol. The van der Waals surface area contributed by atoms with Crippen LogP contribution in [0, 0.1) is 0 Å². The predicted molar refractivity (Wildman–Crippen MR) is 81.1 cm³/mol. The van der Waals surface area contributed by atoms with Gasteiger partial charge >= 0.3 is 5.97 Å². The summed E-state index contributed by atoms with van der Waals surface area (Å²) >= 11 is 1.23. The van der Waals surface area contributed by atoms with E-state index in [-0.39, 0.29) is 5.69 Å². The van der Waals surface area contributed by atoms with Gasteiger partial charge in [-0.25, -0.2) is 9.78 Å². The molecule has 0 aliphatic carbocycles. The van der Waals surface area contributed by atoms with Crippen molar-refractivity contribution in [2.45, 2.75) is 13.8 Å². The molecule has 0 amide bonds. The number of hydrogen-bond donors (Lipinski definition) is 2. The standard InChI is InChI=1S/C14H16N2O4S/c1-3-19-10-6-5-9(7-11(10)20-4-2)16-13-12(14(17)18)15-8-21-13/h5-8,16H,3-4H2,1-2H3,(H,17,18). The van der Waals surface area contributed by atoms with E-state index in [1.165, 1.54) is 16.8 Å². The van der Waals surface area contributed by atoms with E-state index in [4.69, 9.17) is 14.6 Å². The van der Waals surface area contributed by atoms with Crippen LogP contribution in [0.2, 0.25) is 0 Å². The molecule has 0 fully saturated rings. The lowest BCUT2D eigenvalue weighted by molar-refractivity contribution is 0.0692. The Kier molecular flexibility index (Phi) is 4.99. The molecule has 0 bridgehead atoms. The largest absolute Gasteiger partial charge is 0.490 e. The SMILES string of the molecule is CCOc1ccc(Nc2scnc2C(=O)O)cc1OCC. The summed E-state index contributed by atoms with van der Waals surface area (Å²) in [5.74, 6) is 0.216. The van der Waals surface area contributed by atoms with E-state index < -0.39 is 5.97 Å². The molecule has 1 heterocycles. The van der Waals surface area contributed by atoms with Crippen molar-refractivity contribution in [2.24, 2.45) is 0 Å². The van der Waals surface area contributed by atoms with Gasteiger partial charge < -0.3 is 19.9 Å². The van der Waals surface area contributed by atoms with E-state index in [1.807, 2.05) is 13.8 Å². The molecule has 0 saturated carbocycles. The number of aromatic carboxylic acids is 1. The fourth-order valence-electron chi connectivity index (χ4n) is 1.75.